The predicted octanol–water partition coefficient (Wildman–Crippen LogP) is -1.88. The van der Waals surface area contributed by atoms with Gasteiger partial charge in [0.1, 0.15) is 6.10 Å². The van der Waals surface area contributed by atoms with Crippen LogP contribution in [0.3, 0.4) is 0 Å². The third-order valence-corrected chi connectivity index (χ3v) is 3.92. The van der Waals surface area contributed by atoms with Gasteiger partial charge >= 0.3 is 35.5 Å². The van der Waals surface area contributed by atoms with Gasteiger partial charge in [0.15, 0.2) is 6.10 Å². The van der Waals surface area contributed by atoms with Crippen molar-refractivity contribution in [1.29, 1.82) is 0 Å². The molecule has 0 spiro atoms. The fraction of sp³-hybridized carbons (Fsp3) is 0.500. The Kier molecular flexibility index (Phi) is 7.32. The van der Waals surface area contributed by atoms with Gasteiger partial charge in [-0.1, -0.05) is 19.7 Å². The van der Waals surface area contributed by atoms with Crippen LogP contribution in [0, 0.1) is 0 Å². The Morgan fingerprint density at radius 1 is 0.867 bits per heavy atom. The molecule has 1 fully saturated rings. The molecule has 0 unspecified atom stereocenters. The van der Waals surface area contributed by atoms with E-state index in [4.69, 9.17) is 4.74 Å². The number of aliphatic hydroxyl groups is 5. The normalized spacial score (nSPS) is 33.2. The maximum absolute atomic E-state index is 12.1. The van der Waals surface area contributed by atoms with Crippen LogP contribution in [0.15, 0.2) is 36.5 Å². The lowest BCUT2D eigenvalue weighted by molar-refractivity contribution is -0.556. The second-order valence-electron chi connectivity index (χ2n) is 6.72. The summed E-state index contributed by atoms with van der Waals surface area (Å²) < 4.78 is 18.7. The molecule has 1 aliphatic heterocycles. The highest BCUT2D eigenvalue weighted by Gasteiger charge is 2.80. The van der Waals surface area contributed by atoms with Crippen molar-refractivity contribution in [1.82, 2.24) is 0 Å². The summed E-state index contributed by atoms with van der Waals surface area (Å²) in [5.74, 6) is -15.8. The summed E-state index contributed by atoms with van der Waals surface area (Å²) >= 11 is 0. The highest BCUT2D eigenvalue weighted by Crippen LogP contribution is 2.46. The van der Waals surface area contributed by atoms with Crippen LogP contribution in [0.5, 0.6) is 0 Å². The molecule has 1 aliphatic rings. The molecule has 0 saturated carbocycles. The van der Waals surface area contributed by atoms with Gasteiger partial charge in [-0.25, -0.2) is 14.4 Å². The monoisotopic (exact) mass is 432 g/mol. The Balaban J connectivity index is 3.75. The van der Waals surface area contributed by atoms with Crippen molar-refractivity contribution < 1.29 is 58.9 Å². The van der Waals surface area contributed by atoms with Gasteiger partial charge in [0.2, 0.25) is 0 Å². The first-order chi connectivity index (χ1) is 13.6. The summed E-state index contributed by atoms with van der Waals surface area (Å²) in [6, 6.07) is 0. The minimum absolute atomic E-state index is 0.338. The summed E-state index contributed by atoms with van der Waals surface area (Å²) in [4.78, 5) is 36.1. The van der Waals surface area contributed by atoms with Gasteiger partial charge in [-0.3, -0.25) is 0 Å². The predicted molar refractivity (Wildman–Crippen MR) is 95.5 cm³/mol. The van der Waals surface area contributed by atoms with Crippen LogP contribution in [0.4, 0.5) is 0 Å². The van der Waals surface area contributed by atoms with Gasteiger partial charge in [-0.15, -0.1) is 0 Å². The highest BCUT2D eigenvalue weighted by atomic mass is 16.9. The molecule has 0 aromatic carbocycles. The first-order valence-electron chi connectivity index (χ1n) is 8.36. The summed E-state index contributed by atoms with van der Waals surface area (Å²) in [5.41, 5.74) is -1.07. The van der Waals surface area contributed by atoms with Crippen LogP contribution in [0.1, 0.15) is 20.8 Å². The molecular formula is C18H24O12. The zero-order valence-corrected chi connectivity index (χ0v) is 16.6. The zero-order valence-electron chi connectivity index (χ0n) is 16.6. The maximum atomic E-state index is 12.1. The van der Waals surface area contributed by atoms with Gasteiger partial charge < -0.3 is 44.5 Å². The third kappa shape index (κ3) is 4.28. The molecule has 1 rings (SSSR count). The lowest BCUT2D eigenvalue weighted by Gasteiger charge is -2.54. The molecule has 168 valence electrons. The van der Waals surface area contributed by atoms with Crippen molar-refractivity contribution in [3.63, 3.8) is 0 Å². The van der Waals surface area contributed by atoms with E-state index in [9.17, 15) is 39.9 Å². The summed E-state index contributed by atoms with van der Waals surface area (Å²) in [7, 11) is 0. The molecule has 0 aromatic heterocycles. The second kappa shape index (κ2) is 8.63. The van der Waals surface area contributed by atoms with E-state index in [-0.39, 0.29) is 16.7 Å². The molecule has 5 atom stereocenters. The molecule has 0 aromatic rings. The minimum atomic E-state index is -3.97. The largest absolute Gasteiger partial charge is 0.419 e. The van der Waals surface area contributed by atoms with E-state index in [0.29, 0.717) is 0 Å². The van der Waals surface area contributed by atoms with Gasteiger partial charge in [-0.05, 0) is 20.8 Å². The van der Waals surface area contributed by atoms with Crippen molar-refractivity contribution in [3.05, 3.63) is 36.5 Å². The van der Waals surface area contributed by atoms with Gasteiger partial charge in [-0.2, -0.15) is 0 Å². The molecule has 5 N–H and O–H groups in total. The summed E-state index contributed by atoms with van der Waals surface area (Å²) in [5, 5.41) is 52.6. The molecule has 1 heterocycles. The van der Waals surface area contributed by atoms with Crippen LogP contribution < -0.4 is 0 Å². The first kappa shape index (κ1) is 25.4. The van der Waals surface area contributed by atoms with Crippen molar-refractivity contribution in [2.24, 2.45) is 0 Å². The lowest BCUT2D eigenvalue weighted by Crippen LogP contribution is -2.82. The van der Waals surface area contributed by atoms with Crippen molar-refractivity contribution in [2.75, 3.05) is 6.61 Å². The molecule has 0 aliphatic carbocycles. The molecule has 0 bridgehead atoms. The quantitative estimate of drug-likeness (QED) is 0.130. The number of aliphatic hydroxyl groups excluding tert-OH is 2. The highest BCUT2D eigenvalue weighted by molar-refractivity contribution is 5.89. The second-order valence-corrected chi connectivity index (χ2v) is 6.72. The fourth-order valence-corrected chi connectivity index (χ4v) is 2.19. The third-order valence-electron chi connectivity index (χ3n) is 3.92. The van der Waals surface area contributed by atoms with E-state index in [1.807, 2.05) is 0 Å². The average Bonchev–Trinajstić information content (AvgIpc) is 2.63. The number of carbonyl (C=O) groups excluding carboxylic acids is 3. The Morgan fingerprint density at radius 3 is 1.67 bits per heavy atom. The smallest absolute Gasteiger partial charge is 0.404 e. The summed E-state index contributed by atoms with van der Waals surface area (Å²) in [6.45, 7) is 12.0. The van der Waals surface area contributed by atoms with Crippen molar-refractivity contribution in [3.8, 4) is 0 Å². The van der Waals surface area contributed by atoms with E-state index in [2.05, 4.69) is 33.9 Å². The SMILES string of the molecule is C=C(C)C(=O)O[C@@]1(O)O[C@H](CO)[C@@H](O)[C@@](O)(OC(=O)C(=C)C)[C@]1(O)OC(=O)C(=C)C. The molecular weight excluding hydrogens is 408 g/mol. The number of hydrogen-bond donors (Lipinski definition) is 5. The van der Waals surface area contributed by atoms with Crippen molar-refractivity contribution in [2.45, 2.75) is 50.5 Å². The number of ether oxygens (including phenoxy) is 4. The maximum Gasteiger partial charge on any atom is 0.404 e. The van der Waals surface area contributed by atoms with Crippen LogP contribution in [-0.2, 0) is 33.3 Å². The minimum Gasteiger partial charge on any atom is -0.419 e. The summed E-state index contributed by atoms with van der Waals surface area (Å²) in [6.07, 6.45) is -4.54. The van der Waals surface area contributed by atoms with Gasteiger partial charge in [0.05, 0.1) is 6.61 Å². The Hall–Kier alpha value is -2.61. The van der Waals surface area contributed by atoms with E-state index in [0.717, 1.165) is 20.8 Å². The molecule has 12 heteroatoms. The Bertz CT molecular complexity index is 788. The topological polar surface area (TPSA) is 189 Å². The Labute approximate surface area is 171 Å². The van der Waals surface area contributed by atoms with E-state index in [1.165, 1.54) is 0 Å². The standard InChI is InChI=1S/C18H24O12/c1-8(2)13(21)28-16(24)12(20)11(7-19)27-18(26,30-15(23)10(5)6)17(16,25)29-14(22)9(3)4/h11-12,19-20,24-26H,1,3,5,7H2,2,4,6H3/t11-,12-,16-,17+,18+/m1/s1. The van der Waals surface area contributed by atoms with E-state index < -0.39 is 54.3 Å². The van der Waals surface area contributed by atoms with Crippen LogP contribution >= 0.6 is 0 Å². The number of rotatable bonds is 7. The fourth-order valence-electron chi connectivity index (χ4n) is 2.19. The first-order valence-corrected chi connectivity index (χ1v) is 8.36. The molecule has 0 radical (unpaired) electrons. The molecule has 1 saturated heterocycles. The van der Waals surface area contributed by atoms with Crippen LogP contribution in [0.2, 0.25) is 0 Å². The lowest BCUT2D eigenvalue weighted by atomic mass is 9.89. The Morgan fingerprint density at radius 2 is 1.27 bits per heavy atom. The van der Waals surface area contributed by atoms with Gasteiger partial charge in [0.25, 0.3) is 0 Å². The van der Waals surface area contributed by atoms with E-state index >= 15 is 0 Å². The number of carbonyl (C=O) groups is 3. The number of hydrogen-bond acceptors (Lipinski definition) is 12. The van der Waals surface area contributed by atoms with E-state index in [1.54, 1.807) is 0 Å². The van der Waals surface area contributed by atoms with Crippen molar-refractivity contribution >= 4 is 17.9 Å². The zero-order chi connectivity index (χ0) is 23.7. The van der Waals surface area contributed by atoms with Crippen LogP contribution in [0.25, 0.3) is 0 Å². The van der Waals surface area contributed by atoms with Crippen LogP contribution in [-0.4, -0.2) is 79.8 Å². The van der Waals surface area contributed by atoms with Gasteiger partial charge in [0, 0.05) is 16.7 Å². The molecule has 12 nitrogen and oxygen atoms in total. The average molecular weight is 432 g/mol. The molecule has 30 heavy (non-hydrogen) atoms. The number of esters is 3. The molecule has 0 amide bonds.